The third-order valence-electron chi connectivity index (χ3n) is 3.92. The van der Waals surface area contributed by atoms with E-state index in [9.17, 15) is 14.7 Å². The molecular weight excluding hydrogens is 417 g/mol. The summed E-state index contributed by atoms with van der Waals surface area (Å²) in [6.45, 7) is 3.90. The highest BCUT2D eigenvalue weighted by molar-refractivity contribution is 6.42. The van der Waals surface area contributed by atoms with Crippen molar-refractivity contribution in [1.29, 1.82) is 0 Å². The van der Waals surface area contributed by atoms with Crippen LogP contribution < -0.4 is 5.32 Å². The molecular formula is C21H23Cl2NO5. The monoisotopic (exact) mass is 439 g/mol. The Labute approximate surface area is 179 Å². The van der Waals surface area contributed by atoms with Crippen molar-refractivity contribution in [2.75, 3.05) is 0 Å². The summed E-state index contributed by atoms with van der Waals surface area (Å²) in [6.07, 6.45) is -1.45. The lowest BCUT2D eigenvalue weighted by Crippen LogP contribution is -2.29. The second-order valence-corrected chi connectivity index (χ2v) is 7.53. The number of hydrogen-bond donors (Lipinski definition) is 2. The second-order valence-electron chi connectivity index (χ2n) is 6.71. The number of hydrogen-bond acceptors (Lipinski definition) is 4. The van der Waals surface area contributed by atoms with Gasteiger partial charge in [-0.05, 0) is 42.7 Å². The second kappa shape index (κ2) is 11.0. The summed E-state index contributed by atoms with van der Waals surface area (Å²) in [4.78, 5) is 23.3. The molecule has 0 unspecified atom stereocenters. The van der Waals surface area contributed by atoms with Crippen LogP contribution in [0.25, 0.3) is 0 Å². The molecule has 6 nitrogen and oxygen atoms in total. The lowest BCUT2D eigenvalue weighted by atomic mass is 10.0. The van der Waals surface area contributed by atoms with E-state index in [0.717, 1.165) is 16.7 Å². The summed E-state index contributed by atoms with van der Waals surface area (Å²) in [5, 5.41) is 12.8. The SMILES string of the molecule is CC(C)O[C@@H](Cc1cccc(CNC(=O)OCc2ccc(Cl)c(Cl)c2)c1)C(=O)O. The molecule has 2 rings (SSSR count). The van der Waals surface area contributed by atoms with E-state index in [1.165, 1.54) is 0 Å². The number of benzene rings is 2. The van der Waals surface area contributed by atoms with Crippen LogP contribution in [0.4, 0.5) is 4.79 Å². The van der Waals surface area contributed by atoms with Crippen LogP contribution >= 0.6 is 23.2 Å². The van der Waals surface area contributed by atoms with Crippen LogP contribution in [0, 0.1) is 0 Å². The molecule has 156 valence electrons. The highest BCUT2D eigenvalue weighted by atomic mass is 35.5. The van der Waals surface area contributed by atoms with Gasteiger partial charge in [0.05, 0.1) is 16.1 Å². The molecule has 0 saturated carbocycles. The fourth-order valence-corrected chi connectivity index (χ4v) is 2.93. The summed E-state index contributed by atoms with van der Waals surface area (Å²) in [5.41, 5.74) is 2.35. The van der Waals surface area contributed by atoms with Crippen LogP contribution in [-0.4, -0.2) is 29.4 Å². The quantitative estimate of drug-likeness (QED) is 0.583. The normalized spacial score (nSPS) is 11.9. The van der Waals surface area contributed by atoms with Crippen molar-refractivity contribution < 1.29 is 24.2 Å². The molecule has 1 amide bonds. The van der Waals surface area contributed by atoms with Gasteiger partial charge in [0, 0.05) is 13.0 Å². The Morgan fingerprint density at radius 3 is 2.41 bits per heavy atom. The van der Waals surface area contributed by atoms with Gasteiger partial charge >= 0.3 is 12.1 Å². The van der Waals surface area contributed by atoms with Crippen molar-refractivity contribution in [3.63, 3.8) is 0 Å². The van der Waals surface area contributed by atoms with Crippen molar-refractivity contribution >= 4 is 35.3 Å². The first-order valence-corrected chi connectivity index (χ1v) is 9.81. The fourth-order valence-electron chi connectivity index (χ4n) is 2.61. The van der Waals surface area contributed by atoms with Gasteiger partial charge in [0.15, 0.2) is 6.10 Å². The minimum atomic E-state index is -1.01. The van der Waals surface area contributed by atoms with Gasteiger partial charge in [0.2, 0.25) is 0 Å². The van der Waals surface area contributed by atoms with E-state index in [-0.39, 0.29) is 25.7 Å². The van der Waals surface area contributed by atoms with Crippen LogP contribution in [-0.2, 0) is 33.8 Å². The number of alkyl carbamates (subject to hydrolysis) is 1. The van der Waals surface area contributed by atoms with Crippen molar-refractivity contribution in [3.05, 3.63) is 69.2 Å². The molecule has 0 aliphatic carbocycles. The molecule has 0 fully saturated rings. The van der Waals surface area contributed by atoms with Gasteiger partial charge in [-0.3, -0.25) is 0 Å². The van der Waals surface area contributed by atoms with Crippen molar-refractivity contribution in [3.8, 4) is 0 Å². The Bertz CT molecular complexity index is 857. The predicted molar refractivity (Wildman–Crippen MR) is 111 cm³/mol. The number of nitrogens with one attached hydrogen (secondary N) is 1. The number of amides is 1. The molecule has 2 aromatic rings. The van der Waals surface area contributed by atoms with E-state index in [0.29, 0.717) is 10.0 Å². The maximum absolute atomic E-state index is 11.9. The zero-order chi connectivity index (χ0) is 21.4. The van der Waals surface area contributed by atoms with Gasteiger partial charge in [-0.1, -0.05) is 53.5 Å². The summed E-state index contributed by atoms with van der Waals surface area (Å²) < 4.78 is 10.6. The van der Waals surface area contributed by atoms with Crippen LogP contribution in [0.2, 0.25) is 10.0 Å². The van der Waals surface area contributed by atoms with Gasteiger partial charge in [-0.15, -0.1) is 0 Å². The fraction of sp³-hybridized carbons (Fsp3) is 0.333. The van der Waals surface area contributed by atoms with E-state index in [1.807, 2.05) is 24.3 Å². The first-order chi connectivity index (χ1) is 13.7. The van der Waals surface area contributed by atoms with Crippen LogP contribution in [0.15, 0.2) is 42.5 Å². The molecule has 0 heterocycles. The number of carbonyl (C=O) groups is 2. The van der Waals surface area contributed by atoms with E-state index in [1.54, 1.807) is 32.0 Å². The number of aliphatic carboxylic acids is 1. The summed E-state index contributed by atoms with van der Waals surface area (Å²) in [6, 6.07) is 12.3. The molecule has 1 atom stereocenters. The average Bonchev–Trinajstić information content (AvgIpc) is 2.66. The Kier molecular flexibility index (Phi) is 8.76. The smallest absolute Gasteiger partial charge is 0.407 e. The molecule has 0 saturated heterocycles. The lowest BCUT2D eigenvalue weighted by molar-refractivity contribution is -0.153. The van der Waals surface area contributed by atoms with Gasteiger partial charge in [0.1, 0.15) is 6.61 Å². The van der Waals surface area contributed by atoms with Crippen LogP contribution in [0.5, 0.6) is 0 Å². The third kappa shape index (κ3) is 7.93. The largest absolute Gasteiger partial charge is 0.479 e. The summed E-state index contributed by atoms with van der Waals surface area (Å²) in [7, 11) is 0. The van der Waals surface area contributed by atoms with Crippen molar-refractivity contribution in [2.45, 2.75) is 45.6 Å². The topological polar surface area (TPSA) is 84.9 Å². The first kappa shape index (κ1) is 23.0. The van der Waals surface area contributed by atoms with E-state index >= 15 is 0 Å². The highest BCUT2D eigenvalue weighted by Gasteiger charge is 2.20. The summed E-state index contributed by atoms with van der Waals surface area (Å²) >= 11 is 11.8. The lowest BCUT2D eigenvalue weighted by Gasteiger charge is -2.17. The van der Waals surface area contributed by atoms with E-state index in [2.05, 4.69) is 5.32 Å². The Hall–Kier alpha value is -2.28. The maximum atomic E-state index is 11.9. The first-order valence-electron chi connectivity index (χ1n) is 9.05. The molecule has 2 N–H and O–H groups in total. The minimum Gasteiger partial charge on any atom is -0.479 e. The molecule has 0 aliphatic rings. The number of carboxylic acids is 1. The minimum absolute atomic E-state index is 0.0651. The molecule has 0 aromatic heterocycles. The van der Waals surface area contributed by atoms with E-state index < -0.39 is 18.2 Å². The average molecular weight is 440 g/mol. The van der Waals surface area contributed by atoms with Gasteiger partial charge < -0.3 is 19.9 Å². The molecule has 0 radical (unpaired) electrons. The van der Waals surface area contributed by atoms with Gasteiger partial charge in [0.25, 0.3) is 0 Å². The third-order valence-corrected chi connectivity index (χ3v) is 4.65. The zero-order valence-electron chi connectivity index (χ0n) is 16.2. The van der Waals surface area contributed by atoms with Gasteiger partial charge in [-0.25, -0.2) is 9.59 Å². The number of carboxylic acid groups (broad SMARTS) is 1. The predicted octanol–water partition coefficient (Wildman–Crippen LogP) is 4.84. The molecule has 29 heavy (non-hydrogen) atoms. The van der Waals surface area contributed by atoms with Crippen molar-refractivity contribution in [1.82, 2.24) is 5.32 Å². The van der Waals surface area contributed by atoms with E-state index in [4.69, 9.17) is 32.7 Å². The summed E-state index contributed by atoms with van der Waals surface area (Å²) in [5.74, 6) is -1.01. The standard InChI is InChI=1S/C21H23Cl2NO5/c1-13(2)29-19(20(25)26)10-14-4-3-5-15(8-14)11-24-21(27)28-12-16-6-7-17(22)18(23)9-16/h3-9,13,19H,10-12H2,1-2H3,(H,24,27)(H,25,26)/t19-/m0/s1. The number of halogens is 2. The molecule has 2 aromatic carbocycles. The highest BCUT2D eigenvalue weighted by Crippen LogP contribution is 2.22. The maximum Gasteiger partial charge on any atom is 0.407 e. The number of ether oxygens (including phenoxy) is 2. The number of rotatable bonds is 9. The molecule has 8 heteroatoms. The molecule has 0 aliphatic heterocycles. The van der Waals surface area contributed by atoms with Crippen LogP contribution in [0.3, 0.4) is 0 Å². The van der Waals surface area contributed by atoms with Gasteiger partial charge in [-0.2, -0.15) is 0 Å². The molecule has 0 bridgehead atoms. The van der Waals surface area contributed by atoms with Crippen LogP contribution in [0.1, 0.15) is 30.5 Å². The number of carbonyl (C=O) groups excluding carboxylic acids is 1. The molecule has 0 spiro atoms. The Balaban J connectivity index is 1.86. The van der Waals surface area contributed by atoms with Crippen molar-refractivity contribution in [2.24, 2.45) is 0 Å². The Morgan fingerprint density at radius 2 is 1.76 bits per heavy atom. The zero-order valence-corrected chi connectivity index (χ0v) is 17.7. The Morgan fingerprint density at radius 1 is 1.03 bits per heavy atom.